The van der Waals surface area contributed by atoms with Gasteiger partial charge in [0, 0.05) is 18.2 Å². The highest BCUT2D eigenvalue weighted by Crippen LogP contribution is 2.16. The number of nitrogens with one attached hydrogen (secondary N) is 2. The first-order valence-corrected chi connectivity index (χ1v) is 8.73. The number of amides is 1. The smallest absolute Gasteiger partial charge is 0.228 e. The van der Waals surface area contributed by atoms with E-state index in [1.807, 2.05) is 6.92 Å². The van der Waals surface area contributed by atoms with Crippen molar-refractivity contribution < 1.29 is 13.2 Å². The van der Waals surface area contributed by atoms with E-state index in [2.05, 4.69) is 10.6 Å². The molecule has 1 rings (SSSR count). The molecule has 1 aromatic rings. The Bertz CT molecular complexity index is 582. The van der Waals surface area contributed by atoms with Crippen LogP contribution in [-0.4, -0.2) is 33.2 Å². The van der Waals surface area contributed by atoms with Gasteiger partial charge in [-0.2, -0.15) is 0 Å². The molecule has 1 atom stereocenters. The van der Waals surface area contributed by atoms with Crippen LogP contribution in [0.1, 0.15) is 26.3 Å². The van der Waals surface area contributed by atoms with Gasteiger partial charge in [0.05, 0.1) is 11.0 Å². The van der Waals surface area contributed by atoms with Gasteiger partial charge in [-0.05, 0) is 38.6 Å². The zero-order chi connectivity index (χ0) is 16.0. The Hall–Kier alpha value is -1.40. The molecule has 0 aliphatic rings. The molecule has 0 radical (unpaired) electrons. The topological polar surface area (TPSA) is 75.3 Å². The second kappa shape index (κ2) is 7.56. The quantitative estimate of drug-likeness (QED) is 0.805. The lowest BCUT2D eigenvalue weighted by molar-refractivity contribution is -0.119. The van der Waals surface area contributed by atoms with Crippen molar-refractivity contribution >= 4 is 21.4 Å². The molecule has 0 saturated carbocycles. The number of hydrogen-bond acceptors (Lipinski definition) is 4. The molecule has 21 heavy (non-hydrogen) atoms. The van der Waals surface area contributed by atoms with Crippen molar-refractivity contribution in [1.82, 2.24) is 5.32 Å². The van der Waals surface area contributed by atoms with Crippen LogP contribution in [0.15, 0.2) is 24.3 Å². The van der Waals surface area contributed by atoms with Gasteiger partial charge >= 0.3 is 0 Å². The number of carbonyl (C=O) groups is 1. The van der Waals surface area contributed by atoms with Gasteiger partial charge in [-0.1, -0.05) is 19.1 Å². The van der Waals surface area contributed by atoms with Crippen LogP contribution in [0.4, 0.5) is 5.69 Å². The fourth-order valence-corrected chi connectivity index (χ4v) is 2.78. The molecule has 1 unspecified atom stereocenters. The highest BCUT2D eigenvalue weighted by Gasteiger charge is 2.17. The fourth-order valence-electron chi connectivity index (χ4n) is 1.80. The largest absolute Gasteiger partial charge is 0.326 e. The summed E-state index contributed by atoms with van der Waals surface area (Å²) >= 11 is 0. The van der Waals surface area contributed by atoms with E-state index in [9.17, 15) is 13.2 Å². The van der Waals surface area contributed by atoms with Gasteiger partial charge in [-0.15, -0.1) is 0 Å². The van der Waals surface area contributed by atoms with Crippen LogP contribution in [-0.2, 0) is 20.4 Å². The number of benzene rings is 1. The molecule has 0 aromatic heterocycles. The number of hydrogen-bond donors (Lipinski definition) is 2. The fraction of sp³-hybridized carbons (Fsp3) is 0.533. The highest BCUT2D eigenvalue weighted by molar-refractivity contribution is 7.91. The van der Waals surface area contributed by atoms with E-state index in [1.54, 1.807) is 45.2 Å². The first-order valence-electron chi connectivity index (χ1n) is 7.02. The molecule has 118 valence electrons. The molecule has 0 aliphatic carbocycles. The van der Waals surface area contributed by atoms with E-state index in [0.29, 0.717) is 17.8 Å². The van der Waals surface area contributed by atoms with Gasteiger partial charge in [-0.25, -0.2) is 8.42 Å². The summed E-state index contributed by atoms with van der Waals surface area (Å²) < 4.78 is 23.9. The standard InChI is InChI=1S/C15H24N2O3S/c1-11(2)21(19,20)10-13-6-5-7-14(8-13)17-15(18)12(3)9-16-4/h5-8,11-12,16H,9-10H2,1-4H3,(H,17,18). The zero-order valence-corrected chi connectivity index (χ0v) is 13.8. The molecule has 0 fully saturated rings. The van der Waals surface area contributed by atoms with Crippen LogP contribution >= 0.6 is 0 Å². The van der Waals surface area contributed by atoms with E-state index >= 15 is 0 Å². The molecule has 0 saturated heterocycles. The normalized spacial score (nSPS) is 13.2. The summed E-state index contributed by atoms with van der Waals surface area (Å²) in [5.41, 5.74) is 1.31. The maximum atomic E-state index is 11.9. The Morgan fingerprint density at radius 1 is 1.24 bits per heavy atom. The minimum atomic E-state index is -3.14. The minimum absolute atomic E-state index is 0.0134. The van der Waals surface area contributed by atoms with Gasteiger partial charge in [0.25, 0.3) is 0 Å². The molecule has 1 aromatic carbocycles. The first-order chi connectivity index (χ1) is 9.76. The third-order valence-corrected chi connectivity index (χ3v) is 5.41. The second-order valence-corrected chi connectivity index (χ2v) is 8.06. The van der Waals surface area contributed by atoms with Crippen LogP contribution in [0.3, 0.4) is 0 Å². The summed E-state index contributed by atoms with van der Waals surface area (Å²) in [7, 11) is -1.35. The van der Waals surface area contributed by atoms with Gasteiger partial charge in [0.2, 0.25) is 5.91 Å². The molecule has 5 nitrogen and oxygen atoms in total. The van der Waals surface area contributed by atoms with Crippen LogP contribution in [0.2, 0.25) is 0 Å². The van der Waals surface area contributed by atoms with E-state index in [-0.39, 0.29) is 17.6 Å². The van der Waals surface area contributed by atoms with Gasteiger partial charge in [0.15, 0.2) is 9.84 Å². The monoisotopic (exact) mass is 312 g/mol. The van der Waals surface area contributed by atoms with Crippen molar-refractivity contribution in [3.8, 4) is 0 Å². The summed E-state index contributed by atoms with van der Waals surface area (Å²) in [6, 6.07) is 6.98. The van der Waals surface area contributed by atoms with Crippen molar-refractivity contribution in [3.63, 3.8) is 0 Å². The molecule has 0 spiro atoms. The Kier molecular flexibility index (Phi) is 6.36. The number of sulfone groups is 1. The molecular weight excluding hydrogens is 288 g/mol. The highest BCUT2D eigenvalue weighted by atomic mass is 32.2. The molecule has 2 N–H and O–H groups in total. The number of carbonyl (C=O) groups excluding carboxylic acids is 1. The average Bonchev–Trinajstić information content (AvgIpc) is 2.38. The Balaban J connectivity index is 2.80. The predicted molar refractivity (Wildman–Crippen MR) is 85.9 cm³/mol. The van der Waals surface area contributed by atoms with Crippen LogP contribution in [0, 0.1) is 5.92 Å². The average molecular weight is 312 g/mol. The lowest BCUT2D eigenvalue weighted by atomic mass is 10.1. The van der Waals surface area contributed by atoms with Crippen molar-refractivity contribution in [2.75, 3.05) is 18.9 Å². The summed E-state index contributed by atoms with van der Waals surface area (Å²) in [5, 5.41) is 5.35. The summed E-state index contributed by atoms with van der Waals surface area (Å²) in [4.78, 5) is 11.9. The molecule has 6 heteroatoms. The number of rotatable bonds is 7. The Labute approximate surface area is 127 Å². The van der Waals surface area contributed by atoms with Gasteiger partial charge in [0.1, 0.15) is 0 Å². The molecule has 0 bridgehead atoms. The maximum absolute atomic E-state index is 11.9. The van der Waals surface area contributed by atoms with Crippen molar-refractivity contribution in [1.29, 1.82) is 0 Å². The summed E-state index contributed by atoms with van der Waals surface area (Å²) in [6.45, 7) is 5.76. The molecule has 1 amide bonds. The predicted octanol–water partition coefficient (Wildman–Crippen LogP) is 1.80. The van der Waals surface area contributed by atoms with E-state index in [1.165, 1.54) is 0 Å². The van der Waals surface area contributed by atoms with Gasteiger partial charge in [-0.3, -0.25) is 4.79 Å². The number of anilines is 1. The third kappa shape index (κ3) is 5.47. The summed E-state index contributed by atoms with van der Waals surface area (Å²) in [6.07, 6.45) is 0. The van der Waals surface area contributed by atoms with Gasteiger partial charge < -0.3 is 10.6 Å². The second-order valence-electron chi connectivity index (χ2n) is 5.50. The van der Waals surface area contributed by atoms with E-state index in [4.69, 9.17) is 0 Å². The molecule has 0 aliphatic heterocycles. The zero-order valence-electron chi connectivity index (χ0n) is 13.0. The van der Waals surface area contributed by atoms with Crippen LogP contribution in [0.5, 0.6) is 0 Å². The third-order valence-electron chi connectivity index (χ3n) is 3.24. The lowest BCUT2D eigenvalue weighted by Gasteiger charge is -2.13. The SMILES string of the molecule is CNCC(C)C(=O)Nc1cccc(CS(=O)(=O)C(C)C)c1. The molecule has 0 heterocycles. The van der Waals surface area contributed by atoms with Crippen molar-refractivity contribution in [2.45, 2.75) is 31.8 Å². The maximum Gasteiger partial charge on any atom is 0.228 e. The minimum Gasteiger partial charge on any atom is -0.326 e. The first kappa shape index (κ1) is 17.7. The Morgan fingerprint density at radius 3 is 2.48 bits per heavy atom. The van der Waals surface area contributed by atoms with Crippen LogP contribution < -0.4 is 10.6 Å². The van der Waals surface area contributed by atoms with E-state index < -0.39 is 15.1 Å². The van der Waals surface area contributed by atoms with Crippen molar-refractivity contribution in [2.24, 2.45) is 5.92 Å². The van der Waals surface area contributed by atoms with E-state index in [0.717, 1.165) is 0 Å². The van der Waals surface area contributed by atoms with Crippen LogP contribution in [0.25, 0.3) is 0 Å². The molecular formula is C15H24N2O3S. The lowest BCUT2D eigenvalue weighted by Crippen LogP contribution is -2.28. The van der Waals surface area contributed by atoms with Crippen molar-refractivity contribution in [3.05, 3.63) is 29.8 Å². The Morgan fingerprint density at radius 2 is 1.90 bits per heavy atom. The summed E-state index contributed by atoms with van der Waals surface area (Å²) in [5.74, 6) is -0.258.